The Hall–Kier alpha value is -2.21. The number of methoxy groups -OCH3 is 2. The summed E-state index contributed by atoms with van der Waals surface area (Å²) in [7, 11) is 5.07. The van der Waals surface area contributed by atoms with E-state index >= 15 is 0 Å². The van der Waals surface area contributed by atoms with Crippen molar-refractivity contribution in [3.05, 3.63) is 35.0 Å². The minimum Gasteiger partial charge on any atom is -0.493 e. The zero-order chi connectivity index (χ0) is 17.5. The van der Waals surface area contributed by atoms with E-state index in [4.69, 9.17) is 15.2 Å². The molecule has 1 aromatic rings. The number of benzene rings is 1. The van der Waals surface area contributed by atoms with Gasteiger partial charge in [0.05, 0.1) is 25.9 Å². The number of likely N-dealkylation sites (N-methyl/N-ethyl adjacent to an activating group) is 1. The van der Waals surface area contributed by atoms with E-state index in [0.717, 1.165) is 30.6 Å². The molecule has 1 aromatic carbocycles. The van der Waals surface area contributed by atoms with Crippen LogP contribution < -0.4 is 15.2 Å². The van der Waals surface area contributed by atoms with Crippen LogP contribution in [0.15, 0.2) is 23.9 Å². The monoisotopic (exact) mass is 332 g/mol. The summed E-state index contributed by atoms with van der Waals surface area (Å²) in [4.78, 5) is 14.1. The van der Waals surface area contributed by atoms with Crippen LogP contribution in [0.1, 0.15) is 35.2 Å². The van der Waals surface area contributed by atoms with E-state index in [-0.39, 0.29) is 5.41 Å². The molecule has 130 valence electrons. The Morgan fingerprint density at radius 1 is 1.33 bits per heavy atom. The van der Waals surface area contributed by atoms with Crippen molar-refractivity contribution in [3.63, 3.8) is 0 Å². The molecular formula is C18H24N2O4. The third kappa shape index (κ3) is 2.41. The number of amides is 1. The number of aliphatic hydroxyl groups excluding tert-OH is 1. The summed E-state index contributed by atoms with van der Waals surface area (Å²) in [5.41, 5.74) is 7.74. The molecule has 6 heteroatoms. The van der Waals surface area contributed by atoms with E-state index in [1.165, 1.54) is 7.11 Å². The Labute approximate surface area is 141 Å². The van der Waals surface area contributed by atoms with Gasteiger partial charge >= 0.3 is 0 Å². The van der Waals surface area contributed by atoms with Gasteiger partial charge in [-0.05, 0) is 43.0 Å². The molecule has 1 aliphatic heterocycles. The Bertz CT molecular complexity index is 701. The molecule has 0 bridgehead atoms. The number of nitrogens with two attached hydrogens (primary N) is 1. The highest BCUT2D eigenvalue weighted by Crippen LogP contribution is 2.50. The molecular weight excluding hydrogens is 308 g/mol. The third-order valence-corrected chi connectivity index (χ3v) is 5.29. The normalized spacial score (nSPS) is 25.9. The van der Waals surface area contributed by atoms with Crippen molar-refractivity contribution in [2.45, 2.75) is 30.8 Å². The van der Waals surface area contributed by atoms with Crippen LogP contribution in [0.4, 0.5) is 0 Å². The van der Waals surface area contributed by atoms with E-state index in [9.17, 15) is 9.90 Å². The number of carbonyl (C=O) groups excluding carboxylic acids is 1. The van der Waals surface area contributed by atoms with E-state index in [1.54, 1.807) is 7.11 Å². The van der Waals surface area contributed by atoms with Crippen LogP contribution in [-0.4, -0.2) is 49.8 Å². The first-order valence-electron chi connectivity index (χ1n) is 8.10. The van der Waals surface area contributed by atoms with Crippen LogP contribution >= 0.6 is 0 Å². The SMILES string of the molecule is COc1cc([C@@]23CC[C@H](O)C=C2N(C)CC3)cc(C(N)=O)c1OC. The fraction of sp³-hybridized carbons (Fsp3) is 0.500. The molecule has 0 saturated carbocycles. The molecule has 2 atom stereocenters. The number of allylic oxidation sites excluding steroid dienone is 1. The lowest BCUT2D eigenvalue weighted by atomic mass is 9.69. The summed E-state index contributed by atoms with van der Waals surface area (Å²) in [5, 5.41) is 10.0. The van der Waals surface area contributed by atoms with Gasteiger partial charge in [0, 0.05) is 24.7 Å². The van der Waals surface area contributed by atoms with E-state index in [2.05, 4.69) is 4.90 Å². The number of aliphatic hydroxyl groups is 1. The van der Waals surface area contributed by atoms with Crippen molar-refractivity contribution in [1.82, 2.24) is 4.90 Å². The number of hydrogen-bond donors (Lipinski definition) is 2. The molecule has 1 fully saturated rings. The molecule has 24 heavy (non-hydrogen) atoms. The van der Waals surface area contributed by atoms with Crippen molar-refractivity contribution in [1.29, 1.82) is 0 Å². The molecule has 0 aromatic heterocycles. The lowest BCUT2D eigenvalue weighted by molar-refractivity contribution is 0.0996. The zero-order valence-corrected chi connectivity index (χ0v) is 14.3. The van der Waals surface area contributed by atoms with Crippen LogP contribution in [0, 0.1) is 0 Å². The highest BCUT2D eigenvalue weighted by atomic mass is 16.5. The van der Waals surface area contributed by atoms with Gasteiger partial charge in [0.15, 0.2) is 11.5 Å². The second kappa shape index (κ2) is 6.02. The molecule has 6 nitrogen and oxygen atoms in total. The summed E-state index contributed by atoms with van der Waals surface area (Å²) in [6.07, 6.45) is 3.94. The Morgan fingerprint density at radius 3 is 2.71 bits per heavy atom. The van der Waals surface area contributed by atoms with Gasteiger partial charge in [0.2, 0.25) is 0 Å². The number of hydrogen-bond acceptors (Lipinski definition) is 5. The van der Waals surface area contributed by atoms with Gasteiger partial charge < -0.3 is 25.2 Å². The first-order valence-corrected chi connectivity index (χ1v) is 8.10. The standard InChI is InChI=1S/C18H24N2O4/c1-20-7-6-18(5-4-12(21)10-15(18)20)11-8-13(17(19)22)16(24-3)14(9-11)23-2/h8-10,12,21H,4-7H2,1-3H3,(H2,19,22)/t12-,18-/m0/s1. The molecule has 0 unspecified atom stereocenters. The number of fused-ring (bicyclic) bond motifs is 1. The Balaban J connectivity index is 2.20. The highest BCUT2D eigenvalue weighted by molar-refractivity contribution is 5.97. The molecule has 0 spiro atoms. The number of primary amides is 1. The number of rotatable bonds is 4. The van der Waals surface area contributed by atoms with Crippen molar-refractivity contribution in [3.8, 4) is 11.5 Å². The minimum atomic E-state index is -0.545. The average Bonchev–Trinajstić information content (AvgIpc) is 2.91. The molecule has 3 rings (SSSR count). The predicted octanol–water partition coefficient (Wildman–Crippen LogP) is 1.41. The van der Waals surface area contributed by atoms with Crippen LogP contribution in [-0.2, 0) is 5.41 Å². The second-order valence-electron chi connectivity index (χ2n) is 6.54. The summed E-state index contributed by atoms with van der Waals surface area (Å²) < 4.78 is 10.8. The molecule has 3 N–H and O–H groups in total. The van der Waals surface area contributed by atoms with Gasteiger partial charge in [-0.15, -0.1) is 0 Å². The van der Waals surface area contributed by atoms with Crippen LogP contribution in [0.5, 0.6) is 11.5 Å². The van der Waals surface area contributed by atoms with Gasteiger partial charge in [-0.1, -0.05) is 0 Å². The number of likely N-dealkylation sites (tertiary alicyclic amines) is 1. The van der Waals surface area contributed by atoms with E-state index in [1.807, 2.05) is 25.3 Å². The maximum absolute atomic E-state index is 11.9. The maximum atomic E-state index is 11.9. The molecule has 0 radical (unpaired) electrons. The van der Waals surface area contributed by atoms with Gasteiger partial charge in [-0.3, -0.25) is 4.79 Å². The van der Waals surface area contributed by atoms with Gasteiger partial charge in [0.1, 0.15) is 0 Å². The number of ether oxygens (including phenoxy) is 2. The quantitative estimate of drug-likeness (QED) is 0.871. The first kappa shape index (κ1) is 16.6. The minimum absolute atomic E-state index is 0.224. The van der Waals surface area contributed by atoms with Crippen molar-refractivity contribution in [2.75, 3.05) is 27.8 Å². The first-order chi connectivity index (χ1) is 11.4. The van der Waals surface area contributed by atoms with Crippen LogP contribution in [0.2, 0.25) is 0 Å². The lowest BCUT2D eigenvalue weighted by Gasteiger charge is -2.37. The van der Waals surface area contributed by atoms with Gasteiger partial charge in [-0.25, -0.2) is 0 Å². The van der Waals surface area contributed by atoms with E-state index < -0.39 is 12.0 Å². The topological polar surface area (TPSA) is 85.0 Å². The average molecular weight is 332 g/mol. The molecule has 1 heterocycles. The summed E-state index contributed by atoms with van der Waals surface area (Å²) in [5.74, 6) is 0.312. The smallest absolute Gasteiger partial charge is 0.252 e. The van der Waals surface area contributed by atoms with Crippen LogP contribution in [0.3, 0.4) is 0 Å². The zero-order valence-electron chi connectivity index (χ0n) is 14.3. The summed E-state index contributed by atoms with van der Waals surface area (Å²) in [6, 6.07) is 3.74. The maximum Gasteiger partial charge on any atom is 0.252 e. The predicted molar refractivity (Wildman–Crippen MR) is 90.3 cm³/mol. The van der Waals surface area contributed by atoms with E-state index in [0.29, 0.717) is 23.5 Å². The molecule has 1 aliphatic carbocycles. The Morgan fingerprint density at radius 2 is 2.08 bits per heavy atom. The molecule has 1 amide bonds. The fourth-order valence-corrected chi connectivity index (χ4v) is 4.03. The number of carbonyl (C=O) groups is 1. The lowest BCUT2D eigenvalue weighted by Crippen LogP contribution is -2.34. The second-order valence-corrected chi connectivity index (χ2v) is 6.54. The van der Waals surface area contributed by atoms with Gasteiger partial charge in [-0.2, -0.15) is 0 Å². The van der Waals surface area contributed by atoms with Crippen molar-refractivity contribution >= 4 is 5.91 Å². The third-order valence-electron chi connectivity index (χ3n) is 5.29. The summed E-state index contributed by atoms with van der Waals surface area (Å²) in [6.45, 7) is 0.902. The van der Waals surface area contributed by atoms with Crippen molar-refractivity contribution < 1.29 is 19.4 Å². The molecule has 2 aliphatic rings. The fourth-order valence-electron chi connectivity index (χ4n) is 4.03. The summed E-state index contributed by atoms with van der Waals surface area (Å²) >= 11 is 0. The largest absolute Gasteiger partial charge is 0.493 e. The van der Waals surface area contributed by atoms with Crippen molar-refractivity contribution in [2.24, 2.45) is 5.73 Å². The highest BCUT2D eigenvalue weighted by Gasteiger charge is 2.46. The number of nitrogens with zero attached hydrogens (tertiary/aromatic N) is 1. The Kier molecular flexibility index (Phi) is 4.17. The van der Waals surface area contributed by atoms with Gasteiger partial charge in [0.25, 0.3) is 5.91 Å². The molecule has 1 saturated heterocycles. The van der Waals surface area contributed by atoms with Crippen LogP contribution in [0.25, 0.3) is 0 Å².